The summed E-state index contributed by atoms with van der Waals surface area (Å²) in [5, 5.41) is 30.0. The lowest BCUT2D eigenvalue weighted by Crippen LogP contribution is -2.46. The van der Waals surface area contributed by atoms with Gasteiger partial charge in [-0.25, -0.2) is 0 Å². The van der Waals surface area contributed by atoms with Crippen LogP contribution in [0.15, 0.2) is 24.3 Å². The smallest absolute Gasteiger partial charge is 0.159 e. The molecule has 5 nitrogen and oxygen atoms in total. The molecule has 1 atom stereocenters. The minimum Gasteiger partial charge on any atom is -0.626 e. The molecular weight excluding hydrogens is 228 g/mol. The monoisotopic (exact) mass is 242 g/mol. The summed E-state index contributed by atoms with van der Waals surface area (Å²) >= 11 is 0. The van der Waals surface area contributed by atoms with Gasteiger partial charge < -0.3 is 14.8 Å². The van der Waals surface area contributed by atoms with E-state index in [4.69, 9.17) is 10.5 Å². The normalized spacial score (nSPS) is 21.2. The fraction of sp³-hybridized carbons (Fsp3) is 0.385. The van der Waals surface area contributed by atoms with Crippen LogP contribution in [0, 0.1) is 27.9 Å². The van der Waals surface area contributed by atoms with E-state index in [-0.39, 0.29) is 13.0 Å². The van der Waals surface area contributed by atoms with E-state index < -0.39 is 4.65 Å². The fourth-order valence-electron chi connectivity index (χ4n) is 2.30. The molecule has 0 spiro atoms. The number of benzene rings is 1. The van der Waals surface area contributed by atoms with Gasteiger partial charge in [-0.3, -0.25) is 0 Å². The van der Waals surface area contributed by atoms with E-state index in [9.17, 15) is 5.21 Å². The SMILES string of the molecule is N#CCCN1C[N+]([O-])(CCC#N)c2ccccc21. The summed E-state index contributed by atoms with van der Waals surface area (Å²) in [6.45, 7) is 1.11. The van der Waals surface area contributed by atoms with E-state index in [2.05, 4.69) is 6.07 Å². The predicted molar refractivity (Wildman–Crippen MR) is 69.1 cm³/mol. The molecule has 0 saturated carbocycles. The lowest BCUT2D eigenvalue weighted by Gasteiger charge is -2.37. The van der Waals surface area contributed by atoms with Crippen molar-refractivity contribution in [1.82, 2.24) is 4.65 Å². The molecule has 1 aliphatic rings. The number of nitriles is 2. The molecule has 1 heterocycles. The maximum absolute atomic E-state index is 12.7. The molecule has 1 aromatic carbocycles. The number of para-hydroxylation sites is 2. The Kier molecular flexibility index (Phi) is 3.47. The number of rotatable bonds is 4. The van der Waals surface area contributed by atoms with Crippen LogP contribution >= 0.6 is 0 Å². The molecule has 1 aliphatic heterocycles. The zero-order chi connectivity index (χ0) is 13.0. The number of nitrogens with zero attached hydrogens (tertiary/aromatic N) is 4. The van der Waals surface area contributed by atoms with Crippen molar-refractivity contribution in [3.05, 3.63) is 29.5 Å². The average molecular weight is 242 g/mol. The van der Waals surface area contributed by atoms with E-state index in [0.717, 1.165) is 5.69 Å². The molecule has 1 aromatic rings. The molecule has 0 aromatic heterocycles. The Hall–Kier alpha value is -2.08. The molecule has 0 amide bonds. The van der Waals surface area contributed by atoms with Gasteiger partial charge in [-0.05, 0) is 6.07 Å². The van der Waals surface area contributed by atoms with Gasteiger partial charge in [-0.15, -0.1) is 0 Å². The van der Waals surface area contributed by atoms with Crippen LogP contribution in [-0.4, -0.2) is 19.8 Å². The van der Waals surface area contributed by atoms with Crippen molar-refractivity contribution >= 4 is 11.4 Å². The summed E-state index contributed by atoms with van der Waals surface area (Å²) in [5.74, 6) is 0. The Bertz CT molecular complexity index is 516. The van der Waals surface area contributed by atoms with Gasteiger partial charge in [0.05, 0.1) is 31.5 Å². The highest BCUT2D eigenvalue weighted by Crippen LogP contribution is 2.40. The van der Waals surface area contributed by atoms with Crippen LogP contribution in [0.1, 0.15) is 12.8 Å². The van der Waals surface area contributed by atoms with Crippen molar-refractivity contribution in [1.29, 1.82) is 10.5 Å². The Morgan fingerprint density at radius 1 is 1.22 bits per heavy atom. The molecule has 0 fully saturated rings. The second-order valence-electron chi connectivity index (χ2n) is 4.32. The van der Waals surface area contributed by atoms with E-state index in [0.29, 0.717) is 25.3 Å². The van der Waals surface area contributed by atoms with Crippen LogP contribution in [0.5, 0.6) is 0 Å². The highest BCUT2D eigenvalue weighted by Gasteiger charge is 2.35. The number of fused-ring (bicyclic) bond motifs is 1. The van der Waals surface area contributed by atoms with E-state index in [1.807, 2.05) is 35.2 Å². The first-order valence-electron chi connectivity index (χ1n) is 5.88. The van der Waals surface area contributed by atoms with Crippen molar-refractivity contribution in [2.45, 2.75) is 12.8 Å². The zero-order valence-corrected chi connectivity index (χ0v) is 10.0. The first kappa shape index (κ1) is 12.4. The second kappa shape index (κ2) is 5.05. The van der Waals surface area contributed by atoms with E-state index >= 15 is 0 Å². The molecule has 0 bridgehead atoms. The van der Waals surface area contributed by atoms with Gasteiger partial charge in [0.1, 0.15) is 5.69 Å². The summed E-state index contributed by atoms with van der Waals surface area (Å²) in [6.07, 6.45) is 0.635. The third-order valence-electron chi connectivity index (χ3n) is 3.14. The predicted octanol–water partition coefficient (Wildman–Crippen LogP) is 2.10. The molecule has 0 radical (unpaired) electrons. The van der Waals surface area contributed by atoms with Crippen molar-refractivity contribution in [3.63, 3.8) is 0 Å². The van der Waals surface area contributed by atoms with Gasteiger partial charge in [0, 0.05) is 12.6 Å². The summed E-state index contributed by atoms with van der Waals surface area (Å²) in [7, 11) is 0. The molecule has 1 unspecified atom stereocenters. The quantitative estimate of drug-likeness (QED) is 0.598. The lowest BCUT2D eigenvalue weighted by atomic mass is 10.2. The standard InChI is InChI=1S/C13H14N4O/c14-7-3-9-16-11-17(18,10-4-8-15)13-6-2-1-5-12(13)16/h1-2,5-6H,3-4,9-11H2. The first-order valence-corrected chi connectivity index (χ1v) is 5.88. The summed E-state index contributed by atoms with van der Waals surface area (Å²) in [5.41, 5.74) is 1.59. The zero-order valence-electron chi connectivity index (χ0n) is 10.0. The van der Waals surface area contributed by atoms with Crippen molar-refractivity contribution in [3.8, 4) is 12.1 Å². The lowest BCUT2D eigenvalue weighted by molar-refractivity contribution is 0.399. The minimum absolute atomic E-state index is 0.240. The Labute approximate surface area is 106 Å². The van der Waals surface area contributed by atoms with Crippen LogP contribution < -0.4 is 9.55 Å². The van der Waals surface area contributed by atoms with E-state index in [1.54, 1.807) is 0 Å². The highest BCUT2D eigenvalue weighted by molar-refractivity contribution is 5.74. The summed E-state index contributed by atoms with van der Waals surface area (Å²) < 4.78 is -0.491. The maximum Gasteiger partial charge on any atom is 0.159 e. The molecule has 18 heavy (non-hydrogen) atoms. The third kappa shape index (κ3) is 2.14. The number of hydroxylamine groups is 2. The highest BCUT2D eigenvalue weighted by atomic mass is 16.6. The number of hydrogen-bond donors (Lipinski definition) is 0. The number of hydrogen-bond acceptors (Lipinski definition) is 4. The Morgan fingerprint density at radius 3 is 2.67 bits per heavy atom. The molecule has 5 heteroatoms. The average Bonchev–Trinajstić information content (AvgIpc) is 2.68. The van der Waals surface area contributed by atoms with Crippen LogP contribution in [0.4, 0.5) is 11.4 Å². The number of quaternary nitrogens is 1. The molecule has 92 valence electrons. The largest absolute Gasteiger partial charge is 0.626 e. The van der Waals surface area contributed by atoms with Crippen LogP contribution in [-0.2, 0) is 0 Å². The molecule has 2 rings (SSSR count). The van der Waals surface area contributed by atoms with Gasteiger partial charge in [0.25, 0.3) is 0 Å². The number of anilines is 1. The van der Waals surface area contributed by atoms with Crippen molar-refractivity contribution in [2.24, 2.45) is 0 Å². The van der Waals surface area contributed by atoms with Gasteiger partial charge in [-0.1, -0.05) is 12.1 Å². The first-order chi connectivity index (χ1) is 8.71. The molecule has 0 aliphatic carbocycles. The van der Waals surface area contributed by atoms with Crippen LogP contribution in [0.3, 0.4) is 0 Å². The second-order valence-corrected chi connectivity index (χ2v) is 4.32. The van der Waals surface area contributed by atoms with Gasteiger partial charge in [0.2, 0.25) is 0 Å². The maximum atomic E-state index is 12.7. The Morgan fingerprint density at radius 2 is 1.94 bits per heavy atom. The topological polar surface area (TPSA) is 73.9 Å². The summed E-state index contributed by atoms with van der Waals surface area (Å²) in [6, 6.07) is 11.6. The van der Waals surface area contributed by atoms with Crippen LogP contribution in [0.2, 0.25) is 0 Å². The van der Waals surface area contributed by atoms with Gasteiger partial charge >= 0.3 is 0 Å². The fourth-order valence-corrected chi connectivity index (χ4v) is 2.30. The summed E-state index contributed by atoms with van der Waals surface area (Å²) in [4.78, 5) is 1.93. The molecule has 0 N–H and O–H groups in total. The van der Waals surface area contributed by atoms with Gasteiger partial charge in [0.15, 0.2) is 12.4 Å². The van der Waals surface area contributed by atoms with Gasteiger partial charge in [-0.2, -0.15) is 10.5 Å². The minimum atomic E-state index is -0.491. The van der Waals surface area contributed by atoms with Crippen molar-refractivity contribution < 1.29 is 0 Å². The Balaban J connectivity index is 2.27. The molecule has 0 saturated heterocycles. The van der Waals surface area contributed by atoms with Crippen molar-refractivity contribution in [2.75, 3.05) is 24.7 Å². The van der Waals surface area contributed by atoms with E-state index in [1.165, 1.54) is 0 Å². The third-order valence-corrected chi connectivity index (χ3v) is 3.14. The molecular formula is C13H14N4O. The van der Waals surface area contributed by atoms with Crippen LogP contribution in [0.25, 0.3) is 0 Å².